The molecule has 0 aliphatic heterocycles. The molecule has 0 unspecified atom stereocenters. The number of hydrogen-bond donors (Lipinski definition) is 1. The predicted molar refractivity (Wildman–Crippen MR) is 127 cm³/mol. The van der Waals surface area contributed by atoms with Gasteiger partial charge in [0.15, 0.2) is 9.84 Å². The van der Waals surface area contributed by atoms with Crippen LogP contribution in [-0.2, 0) is 34.6 Å². The molecule has 8 nitrogen and oxygen atoms in total. The minimum Gasteiger partial charge on any atom is -0.352 e. The average molecular weight is 508 g/mol. The number of benzene rings is 1. The van der Waals surface area contributed by atoms with Gasteiger partial charge in [-0.15, -0.1) is 0 Å². The van der Waals surface area contributed by atoms with Gasteiger partial charge >= 0.3 is 0 Å². The smallest absolute Gasteiger partial charge is 0.235 e. The fourth-order valence-corrected chi connectivity index (χ4v) is 5.45. The van der Waals surface area contributed by atoms with E-state index in [1.54, 1.807) is 19.2 Å². The van der Waals surface area contributed by atoms with Crippen molar-refractivity contribution in [1.82, 2.24) is 24.9 Å². The van der Waals surface area contributed by atoms with Crippen molar-refractivity contribution in [3.8, 4) is 0 Å². The summed E-state index contributed by atoms with van der Waals surface area (Å²) in [5.74, 6) is -1.19. The van der Waals surface area contributed by atoms with Crippen LogP contribution in [0.15, 0.2) is 47.8 Å². The summed E-state index contributed by atoms with van der Waals surface area (Å²) in [4.78, 5) is 12.3. The van der Waals surface area contributed by atoms with Crippen molar-refractivity contribution < 1.29 is 13.2 Å². The molecule has 11 heteroatoms. The molecular formula is C22H23Cl2N5O3S. The molecule has 0 bridgehead atoms. The molecule has 0 fully saturated rings. The monoisotopic (exact) mass is 507 g/mol. The molecule has 174 valence electrons. The third-order valence-corrected chi connectivity index (χ3v) is 7.61. The van der Waals surface area contributed by atoms with Crippen LogP contribution in [-0.4, -0.2) is 46.2 Å². The van der Waals surface area contributed by atoms with E-state index in [0.717, 1.165) is 41.7 Å². The molecule has 0 saturated heterocycles. The largest absolute Gasteiger partial charge is 0.352 e. The summed E-state index contributed by atoms with van der Waals surface area (Å²) in [6, 6.07) is 5.39. The van der Waals surface area contributed by atoms with Gasteiger partial charge in [0, 0.05) is 29.8 Å². The van der Waals surface area contributed by atoms with E-state index in [1.807, 2.05) is 23.0 Å². The molecule has 0 saturated carbocycles. The van der Waals surface area contributed by atoms with E-state index in [2.05, 4.69) is 15.5 Å². The second-order valence-corrected chi connectivity index (χ2v) is 10.7. The van der Waals surface area contributed by atoms with Crippen molar-refractivity contribution >= 4 is 44.5 Å². The summed E-state index contributed by atoms with van der Waals surface area (Å²) in [5, 5.41) is 12.2. The van der Waals surface area contributed by atoms with E-state index in [-0.39, 0.29) is 11.4 Å². The number of fused-ring (bicyclic) bond motifs is 1. The van der Waals surface area contributed by atoms with Crippen molar-refractivity contribution in [1.29, 1.82) is 0 Å². The van der Waals surface area contributed by atoms with Gasteiger partial charge in [-0.2, -0.15) is 10.2 Å². The Morgan fingerprint density at radius 2 is 2.03 bits per heavy atom. The van der Waals surface area contributed by atoms with Crippen molar-refractivity contribution in [2.24, 2.45) is 7.05 Å². The Kier molecular flexibility index (Phi) is 6.92. The number of aryl methyl sites for hydroxylation is 2. The number of carbonyl (C=O) groups excluding carboxylic acids is 1. The van der Waals surface area contributed by atoms with E-state index >= 15 is 0 Å². The number of sulfone groups is 1. The lowest BCUT2D eigenvalue weighted by Crippen LogP contribution is -2.30. The number of hydrogen-bond acceptors (Lipinski definition) is 5. The van der Waals surface area contributed by atoms with Gasteiger partial charge in [0.25, 0.3) is 0 Å². The molecule has 0 atom stereocenters. The van der Waals surface area contributed by atoms with Crippen molar-refractivity contribution in [3.63, 3.8) is 0 Å². The normalized spacial score (nSPS) is 14.9. The topological polar surface area (TPSA) is 98.9 Å². The van der Waals surface area contributed by atoms with Crippen LogP contribution in [0.2, 0.25) is 10.0 Å². The van der Waals surface area contributed by atoms with E-state index in [9.17, 15) is 13.2 Å². The van der Waals surface area contributed by atoms with Crippen LogP contribution >= 0.6 is 23.2 Å². The number of halogens is 2. The van der Waals surface area contributed by atoms with Gasteiger partial charge in [0.1, 0.15) is 10.6 Å². The molecule has 1 amide bonds. The third-order valence-electron chi connectivity index (χ3n) is 5.46. The van der Waals surface area contributed by atoms with Gasteiger partial charge in [-0.1, -0.05) is 35.3 Å². The Morgan fingerprint density at radius 1 is 1.21 bits per heavy atom. The van der Waals surface area contributed by atoms with Crippen molar-refractivity contribution in [2.45, 2.75) is 30.7 Å². The molecule has 33 heavy (non-hydrogen) atoms. The Labute approximate surface area is 202 Å². The maximum absolute atomic E-state index is 12.4. The molecule has 1 aliphatic rings. The first-order chi connectivity index (χ1) is 15.7. The first-order valence-corrected chi connectivity index (χ1v) is 12.8. The second kappa shape index (κ2) is 9.70. The number of amides is 1. The summed E-state index contributed by atoms with van der Waals surface area (Å²) in [6.07, 6.45) is 9.16. The standard InChI is InChI=1S/C22H23Cl2N5O3S/c1-28-13-19(11-26-28)33(31,32)14-21(30)25-8-7-15-3-2-4-16-10-27-29(22(15)16)12-17-5-6-18(23)9-20(17)24/h5-7,9-11,13H,2-4,8,12,14H2,1H3,(H,25,30)/b15-7+. The van der Waals surface area contributed by atoms with Crippen molar-refractivity contribution in [3.05, 3.63) is 69.7 Å². The van der Waals surface area contributed by atoms with Crippen LogP contribution in [0.1, 0.15) is 29.7 Å². The molecule has 0 radical (unpaired) electrons. The average Bonchev–Trinajstić information content (AvgIpc) is 3.37. The number of carbonyl (C=O) groups is 1. The Hall–Kier alpha value is -2.62. The van der Waals surface area contributed by atoms with Crippen LogP contribution in [0.25, 0.3) is 5.57 Å². The van der Waals surface area contributed by atoms with Gasteiger partial charge in [-0.3, -0.25) is 14.2 Å². The maximum atomic E-state index is 12.4. The molecule has 1 aromatic carbocycles. The lowest BCUT2D eigenvalue weighted by atomic mass is 9.92. The zero-order valence-corrected chi connectivity index (χ0v) is 20.3. The van der Waals surface area contributed by atoms with Gasteiger partial charge < -0.3 is 5.32 Å². The minimum absolute atomic E-state index is 0.0280. The zero-order chi connectivity index (χ0) is 23.6. The molecular weight excluding hydrogens is 485 g/mol. The Morgan fingerprint density at radius 3 is 2.76 bits per heavy atom. The van der Waals surface area contributed by atoms with E-state index < -0.39 is 21.5 Å². The number of rotatable bonds is 7. The first-order valence-electron chi connectivity index (χ1n) is 10.4. The second-order valence-electron chi connectivity index (χ2n) is 7.91. The number of nitrogens with one attached hydrogen (secondary N) is 1. The van der Waals surface area contributed by atoms with Crippen LogP contribution in [0, 0.1) is 0 Å². The SMILES string of the molecule is Cn1cc(S(=O)(=O)CC(=O)NC/C=C2\CCCc3cnn(Cc4ccc(Cl)cc4Cl)c32)cn1. The summed E-state index contributed by atoms with van der Waals surface area (Å²) in [6.45, 7) is 0.724. The minimum atomic E-state index is -3.73. The number of allylic oxidation sites excluding steroid dienone is 1. The summed E-state index contributed by atoms with van der Waals surface area (Å²) in [7, 11) is -2.11. The number of aromatic nitrogens is 4. The fraction of sp³-hybridized carbons (Fsp3) is 0.318. The highest BCUT2D eigenvalue weighted by molar-refractivity contribution is 7.92. The van der Waals surface area contributed by atoms with E-state index in [4.69, 9.17) is 23.2 Å². The molecule has 0 spiro atoms. The third kappa shape index (κ3) is 5.48. The fourth-order valence-electron chi connectivity index (χ4n) is 3.85. The number of nitrogens with zero attached hydrogens (tertiary/aromatic N) is 4. The Balaban J connectivity index is 1.45. The summed E-state index contributed by atoms with van der Waals surface area (Å²) < 4.78 is 28.0. The highest BCUT2D eigenvalue weighted by Crippen LogP contribution is 2.31. The zero-order valence-electron chi connectivity index (χ0n) is 18.0. The Bertz CT molecular complexity index is 1330. The van der Waals surface area contributed by atoms with Crippen LogP contribution in [0.4, 0.5) is 0 Å². The predicted octanol–water partition coefficient (Wildman–Crippen LogP) is 3.28. The molecule has 2 aromatic heterocycles. The molecule has 1 aliphatic carbocycles. The lowest BCUT2D eigenvalue weighted by Gasteiger charge is -2.18. The first kappa shape index (κ1) is 23.5. The molecule has 1 N–H and O–H groups in total. The van der Waals surface area contributed by atoms with E-state index in [1.165, 1.54) is 17.1 Å². The lowest BCUT2D eigenvalue weighted by molar-refractivity contribution is -0.118. The highest BCUT2D eigenvalue weighted by atomic mass is 35.5. The van der Waals surface area contributed by atoms with E-state index in [0.29, 0.717) is 16.6 Å². The van der Waals surface area contributed by atoms with Gasteiger partial charge in [-0.25, -0.2) is 8.42 Å². The molecule has 3 aromatic rings. The van der Waals surface area contributed by atoms with Crippen molar-refractivity contribution in [2.75, 3.05) is 12.3 Å². The molecule has 2 heterocycles. The van der Waals surface area contributed by atoms with Gasteiger partial charge in [-0.05, 0) is 48.1 Å². The van der Waals surface area contributed by atoms with Gasteiger partial charge in [0.05, 0.1) is 24.6 Å². The van der Waals surface area contributed by atoms with Crippen LogP contribution in [0.5, 0.6) is 0 Å². The van der Waals surface area contributed by atoms with Crippen LogP contribution < -0.4 is 5.32 Å². The van der Waals surface area contributed by atoms with Crippen LogP contribution in [0.3, 0.4) is 0 Å². The summed E-state index contributed by atoms with van der Waals surface area (Å²) >= 11 is 12.3. The molecule has 4 rings (SSSR count). The maximum Gasteiger partial charge on any atom is 0.235 e. The highest BCUT2D eigenvalue weighted by Gasteiger charge is 2.22. The summed E-state index contributed by atoms with van der Waals surface area (Å²) in [5.41, 5.74) is 4.13. The van der Waals surface area contributed by atoms with Gasteiger partial charge in [0.2, 0.25) is 5.91 Å². The quantitative estimate of drug-likeness (QED) is 0.528.